The summed E-state index contributed by atoms with van der Waals surface area (Å²) < 4.78 is 0. The number of nitrogens with two attached hydrogens (primary N) is 1. The van der Waals surface area contributed by atoms with E-state index in [-0.39, 0.29) is 5.91 Å². The van der Waals surface area contributed by atoms with Crippen molar-refractivity contribution in [1.29, 1.82) is 0 Å². The van der Waals surface area contributed by atoms with Crippen LogP contribution < -0.4 is 10.6 Å². The Morgan fingerprint density at radius 3 is 2.30 bits per heavy atom. The van der Waals surface area contributed by atoms with Crippen molar-refractivity contribution in [1.82, 2.24) is 0 Å². The Bertz CT molecular complexity index is 872. The van der Waals surface area contributed by atoms with Crippen LogP contribution >= 0.6 is 0 Å². The van der Waals surface area contributed by atoms with Gasteiger partial charge in [-0.15, -0.1) is 0 Å². The number of carbonyl (C=O) groups excluding carboxylic acids is 1. The lowest BCUT2D eigenvalue weighted by atomic mass is 10.0. The zero-order valence-corrected chi connectivity index (χ0v) is 15.8. The van der Waals surface area contributed by atoms with E-state index in [2.05, 4.69) is 37.3 Å². The van der Waals surface area contributed by atoms with Gasteiger partial charge in [-0.1, -0.05) is 67.9 Å². The van der Waals surface area contributed by atoms with Crippen molar-refractivity contribution in [2.24, 2.45) is 0 Å². The molecule has 0 bridgehead atoms. The van der Waals surface area contributed by atoms with Gasteiger partial charge < -0.3 is 10.6 Å². The highest BCUT2D eigenvalue weighted by Crippen LogP contribution is 2.24. The van der Waals surface area contributed by atoms with Crippen LogP contribution in [0.1, 0.15) is 31.7 Å². The van der Waals surface area contributed by atoms with Crippen LogP contribution in [0.4, 0.5) is 11.4 Å². The molecule has 0 aromatic heterocycles. The van der Waals surface area contributed by atoms with E-state index in [0.717, 1.165) is 40.9 Å². The fourth-order valence-electron chi connectivity index (χ4n) is 3.10. The zero-order chi connectivity index (χ0) is 19.1. The molecule has 0 saturated carbocycles. The second-order valence-corrected chi connectivity index (χ2v) is 6.74. The van der Waals surface area contributed by atoms with Gasteiger partial charge in [-0.2, -0.15) is 0 Å². The Morgan fingerprint density at radius 2 is 1.63 bits per heavy atom. The summed E-state index contributed by atoms with van der Waals surface area (Å²) >= 11 is 0. The molecule has 0 atom stereocenters. The van der Waals surface area contributed by atoms with Crippen LogP contribution in [0.25, 0.3) is 11.1 Å². The van der Waals surface area contributed by atoms with Gasteiger partial charge in [0, 0.05) is 17.8 Å². The maximum absolute atomic E-state index is 12.7. The predicted molar refractivity (Wildman–Crippen MR) is 113 cm³/mol. The number of benzene rings is 3. The summed E-state index contributed by atoms with van der Waals surface area (Å²) in [6.07, 6.45) is 2.51. The molecule has 27 heavy (non-hydrogen) atoms. The average Bonchev–Trinajstić information content (AvgIpc) is 2.71. The number of nitrogen functional groups attached to an aromatic ring is 1. The predicted octanol–water partition coefficient (Wildman–Crippen LogP) is 5.66. The van der Waals surface area contributed by atoms with Crippen LogP contribution in [-0.2, 0) is 11.3 Å². The quantitative estimate of drug-likeness (QED) is 0.554. The molecule has 3 nitrogen and oxygen atoms in total. The standard InChI is InChI=1S/C24H26N2O/c1-2-3-12-24(27)26(23-10-5-4-6-11-23)18-19-13-15-20(16-14-19)21-8-7-9-22(25)17-21/h4-11,13-17H,2-3,12,18,25H2,1H3. The molecule has 2 N–H and O–H groups in total. The normalized spacial score (nSPS) is 10.6. The topological polar surface area (TPSA) is 46.3 Å². The van der Waals surface area contributed by atoms with Gasteiger partial charge in [0.05, 0.1) is 6.54 Å². The van der Waals surface area contributed by atoms with Crippen LogP contribution in [-0.4, -0.2) is 5.91 Å². The lowest BCUT2D eigenvalue weighted by Crippen LogP contribution is -2.30. The van der Waals surface area contributed by atoms with E-state index in [9.17, 15) is 4.79 Å². The highest BCUT2D eigenvalue weighted by atomic mass is 16.2. The molecule has 0 aliphatic rings. The largest absolute Gasteiger partial charge is 0.399 e. The lowest BCUT2D eigenvalue weighted by molar-refractivity contribution is -0.118. The zero-order valence-electron chi connectivity index (χ0n) is 15.8. The fourth-order valence-corrected chi connectivity index (χ4v) is 3.10. The van der Waals surface area contributed by atoms with Crippen LogP contribution in [0.3, 0.4) is 0 Å². The van der Waals surface area contributed by atoms with E-state index in [4.69, 9.17) is 5.73 Å². The lowest BCUT2D eigenvalue weighted by Gasteiger charge is -2.23. The number of unbranched alkanes of at least 4 members (excludes halogenated alkanes) is 1. The molecule has 0 aliphatic carbocycles. The fraction of sp³-hybridized carbons (Fsp3) is 0.208. The highest BCUT2D eigenvalue weighted by molar-refractivity contribution is 5.93. The number of amides is 1. The molecule has 0 aliphatic heterocycles. The molecular formula is C24H26N2O. The molecule has 0 spiro atoms. The molecule has 0 unspecified atom stereocenters. The smallest absolute Gasteiger partial charge is 0.227 e. The van der Waals surface area contributed by atoms with Crippen molar-refractivity contribution < 1.29 is 4.79 Å². The first kappa shape index (κ1) is 18.7. The third-order valence-corrected chi connectivity index (χ3v) is 4.63. The first-order chi connectivity index (χ1) is 13.2. The summed E-state index contributed by atoms with van der Waals surface area (Å²) in [4.78, 5) is 14.6. The first-order valence-electron chi connectivity index (χ1n) is 9.47. The summed E-state index contributed by atoms with van der Waals surface area (Å²) in [6.45, 7) is 2.68. The third kappa shape index (κ3) is 4.98. The van der Waals surface area contributed by atoms with E-state index < -0.39 is 0 Å². The van der Waals surface area contributed by atoms with Gasteiger partial charge >= 0.3 is 0 Å². The second-order valence-electron chi connectivity index (χ2n) is 6.74. The van der Waals surface area contributed by atoms with Crippen molar-refractivity contribution in [3.05, 3.63) is 84.4 Å². The Morgan fingerprint density at radius 1 is 0.889 bits per heavy atom. The first-order valence-corrected chi connectivity index (χ1v) is 9.47. The summed E-state index contributed by atoms with van der Waals surface area (Å²) in [7, 11) is 0. The summed E-state index contributed by atoms with van der Waals surface area (Å²) in [5, 5.41) is 0. The Balaban J connectivity index is 1.80. The van der Waals surface area contributed by atoms with Crippen LogP contribution in [0.2, 0.25) is 0 Å². The number of carbonyl (C=O) groups is 1. The molecule has 0 radical (unpaired) electrons. The van der Waals surface area contributed by atoms with Gasteiger partial charge in [-0.25, -0.2) is 0 Å². The monoisotopic (exact) mass is 358 g/mol. The van der Waals surface area contributed by atoms with E-state index in [1.807, 2.05) is 53.4 Å². The summed E-state index contributed by atoms with van der Waals surface area (Å²) in [6, 6.07) is 26.1. The SMILES string of the molecule is CCCCC(=O)N(Cc1ccc(-c2cccc(N)c2)cc1)c1ccccc1. The van der Waals surface area contributed by atoms with Gasteiger partial charge in [-0.3, -0.25) is 4.79 Å². The maximum Gasteiger partial charge on any atom is 0.227 e. The number of para-hydroxylation sites is 1. The van der Waals surface area contributed by atoms with Gasteiger partial charge in [0.1, 0.15) is 0 Å². The molecule has 138 valence electrons. The van der Waals surface area contributed by atoms with Crippen molar-refractivity contribution in [3.63, 3.8) is 0 Å². The van der Waals surface area contributed by atoms with E-state index >= 15 is 0 Å². The van der Waals surface area contributed by atoms with Crippen molar-refractivity contribution in [2.45, 2.75) is 32.7 Å². The number of anilines is 2. The van der Waals surface area contributed by atoms with Gasteiger partial charge in [0.2, 0.25) is 5.91 Å². The molecule has 1 amide bonds. The van der Waals surface area contributed by atoms with E-state index in [1.165, 1.54) is 0 Å². The van der Waals surface area contributed by atoms with Crippen molar-refractivity contribution >= 4 is 17.3 Å². The molecule has 0 fully saturated rings. The Kier molecular flexibility index (Phi) is 6.26. The minimum absolute atomic E-state index is 0.169. The van der Waals surface area contributed by atoms with Crippen LogP contribution in [0.15, 0.2) is 78.9 Å². The molecule has 0 heterocycles. The molecule has 3 aromatic carbocycles. The maximum atomic E-state index is 12.7. The number of rotatable bonds is 7. The van der Waals surface area contributed by atoms with Gasteiger partial charge in [-0.05, 0) is 47.4 Å². The molecule has 3 heteroatoms. The molecular weight excluding hydrogens is 332 g/mol. The summed E-state index contributed by atoms with van der Waals surface area (Å²) in [5.74, 6) is 0.169. The number of nitrogens with zero attached hydrogens (tertiary/aromatic N) is 1. The van der Waals surface area contributed by atoms with Crippen molar-refractivity contribution in [2.75, 3.05) is 10.6 Å². The van der Waals surface area contributed by atoms with E-state index in [1.54, 1.807) is 0 Å². The summed E-state index contributed by atoms with van der Waals surface area (Å²) in [5.41, 5.74) is 10.9. The Labute approximate surface area is 161 Å². The van der Waals surface area contributed by atoms with Crippen molar-refractivity contribution in [3.8, 4) is 11.1 Å². The second kappa shape index (κ2) is 9.04. The number of hydrogen-bond acceptors (Lipinski definition) is 2. The van der Waals surface area contributed by atoms with Crippen LogP contribution in [0.5, 0.6) is 0 Å². The highest BCUT2D eigenvalue weighted by Gasteiger charge is 2.15. The minimum atomic E-state index is 0.169. The van der Waals surface area contributed by atoms with E-state index in [0.29, 0.717) is 13.0 Å². The number of hydrogen-bond donors (Lipinski definition) is 1. The average molecular weight is 358 g/mol. The van der Waals surface area contributed by atoms with Gasteiger partial charge in [0.25, 0.3) is 0 Å². The third-order valence-electron chi connectivity index (χ3n) is 4.63. The minimum Gasteiger partial charge on any atom is -0.399 e. The van der Waals surface area contributed by atoms with Crippen LogP contribution in [0, 0.1) is 0 Å². The molecule has 3 rings (SSSR count). The molecule has 0 saturated heterocycles. The Hall–Kier alpha value is -3.07. The van der Waals surface area contributed by atoms with Gasteiger partial charge in [0.15, 0.2) is 0 Å². The molecule has 3 aromatic rings.